The van der Waals surface area contributed by atoms with Crippen LogP contribution in [0.5, 0.6) is 0 Å². The predicted molar refractivity (Wildman–Crippen MR) is 84.5 cm³/mol. The summed E-state index contributed by atoms with van der Waals surface area (Å²) in [5.41, 5.74) is 3.22. The fraction of sp³-hybridized carbons (Fsp3) is 0.529. The Bertz CT molecular complexity index is 202. The van der Waals surface area contributed by atoms with E-state index in [0.29, 0.717) is 0 Å². The topological polar surface area (TPSA) is 0 Å². The highest BCUT2D eigenvalue weighted by Crippen LogP contribution is 2.21. The summed E-state index contributed by atoms with van der Waals surface area (Å²) in [6.07, 6.45) is 13.2. The van der Waals surface area contributed by atoms with E-state index in [9.17, 15) is 0 Å². The lowest BCUT2D eigenvalue weighted by molar-refractivity contribution is 0.824. The summed E-state index contributed by atoms with van der Waals surface area (Å²) in [7, 11) is 0. The summed E-state index contributed by atoms with van der Waals surface area (Å²) < 4.78 is 0. The molecule has 0 aromatic heterocycles. The number of hydrogen-bond acceptors (Lipinski definition) is 0. The molecule has 0 unspecified atom stereocenters. The zero-order valence-corrected chi connectivity index (χ0v) is 11.6. The maximum Gasteiger partial charge on any atom is -0.0280 e. The molecular weight excluding hydrogens is 204 g/mol. The van der Waals surface area contributed by atoms with E-state index in [1.165, 1.54) is 25.7 Å². The van der Waals surface area contributed by atoms with Crippen LogP contribution >= 0.6 is 0 Å². The second kappa shape index (κ2) is 17.4. The largest absolute Gasteiger partial charge is 0.103 e. The zero-order chi connectivity index (χ0) is 12.8. The van der Waals surface area contributed by atoms with Crippen molar-refractivity contribution in [3.63, 3.8) is 0 Å². The van der Waals surface area contributed by atoms with Gasteiger partial charge in [-0.2, -0.15) is 0 Å². The third-order valence-corrected chi connectivity index (χ3v) is 2.23. The van der Waals surface area contributed by atoms with E-state index in [2.05, 4.69) is 39.2 Å². The SMILES string of the molecule is C.C=CC.C=CC.CCC1=CC=C(CC)CC1. The lowest BCUT2D eigenvalue weighted by atomic mass is 9.96. The van der Waals surface area contributed by atoms with Crippen LogP contribution in [-0.4, -0.2) is 0 Å². The second-order valence-electron chi connectivity index (χ2n) is 3.67. The molecule has 0 spiro atoms. The average molecular weight is 236 g/mol. The van der Waals surface area contributed by atoms with Gasteiger partial charge in [-0.25, -0.2) is 0 Å². The lowest BCUT2D eigenvalue weighted by Crippen LogP contribution is -1.91. The van der Waals surface area contributed by atoms with E-state index >= 15 is 0 Å². The van der Waals surface area contributed by atoms with E-state index in [-0.39, 0.29) is 7.43 Å². The molecule has 0 atom stereocenters. The van der Waals surface area contributed by atoms with Gasteiger partial charge in [0.15, 0.2) is 0 Å². The zero-order valence-electron chi connectivity index (χ0n) is 11.6. The molecule has 1 rings (SSSR count). The minimum Gasteiger partial charge on any atom is -0.103 e. The Labute approximate surface area is 110 Å². The molecule has 1 aliphatic carbocycles. The maximum absolute atomic E-state index is 3.36. The Morgan fingerprint density at radius 2 is 1.18 bits per heavy atom. The quantitative estimate of drug-likeness (QED) is 0.482. The van der Waals surface area contributed by atoms with Crippen LogP contribution in [0, 0.1) is 0 Å². The van der Waals surface area contributed by atoms with Gasteiger partial charge in [-0.1, -0.05) is 56.7 Å². The summed E-state index contributed by atoms with van der Waals surface area (Å²) in [6, 6.07) is 0. The standard InChI is InChI=1S/C10H16.2C3H6.CH4/c1-3-9-5-7-10(4-2)8-6-9;2*1-3-2;/h5,7H,3-4,6,8H2,1-2H3;2*3H,1H2,2H3;1H4. The Kier molecular flexibility index (Phi) is 21.7. The van der Waals surface area contributed by atoms with Crippen molar-refractivity contribution < 1.29 is 0 Å². The molecule has 0 saturated carbocycles. The molecule has 0 fully saturated rings. The molecule has 0 nitrogen and oxygen atoms in total. The summed E-state index contributed by atoms with van der Waals surface area (Å²) in [5.74, 6) is 0. The first-order valence-electron chi connectivity index (χ1n) is 6.21. The van der Waals surface area contributed by atoms with Gasteiger partial charge in [-0.15, -0.1) is 13.2 Å². The van der Waals surface area contributed by atoms with Crippen molar-refractivity contribution in [2.45, 2.75) is 60.8 Å². The van der Waals surface area contributed by atoms with E-state index < -0.39 is 0 Å². The maximum atomic E-state index is 3.36. The molecule has 1 aliphatic rings. The van der Waals surface area contributed by atoms with Crippen molar-refractivity contribution in [3.8, 4) is 0 Å². The highest BCUT2D eigenvalue weighted by molar-refractivity contribution is 5.23. The van der Waals surface area contributed by atoms with E-state index in [1.54, 1.807) is 23.3 Å². The van der Waals surface area contributed by atoms with Gasteiger partial charge in [0.2, 0.25) is 0 Å². The molecule has 0 aliphatic heterocycles. The van der Waals surface area contributed by atoms with Gasteiger partial charge in [-0.05, 0) is 39.5 Å². The Morgan fingerprint density at radius 1 is 0.941 bits per heavy atom. The van der Waals surface area contributed by atoms with Gasteiger partial charge in [0.05, 0.1) is 0 Å². The lowest BCUT2D eigenvalue weighted by Gasteiger charge is -2.11. The fourth-order valence-electron chi connectivity index (χ4n) is 1.31. The Morgan fingerprint density at radius 3 is 1.29 bits per heavy atom. The molecule has 0 bridgehead atoms. The first-order valence-corrected chi connectivity index (χ1v) is 6.21. The van der Waals surface area contributed by atoms with Crippen LogP contribution in [-0.2, 0) is 0 Å². The molecule has 0 saturated heterocycles. The monoisotopic (exact) mass is 236 g/mol. The van der Waals surface area contributed by atoms with Crippen molar-refractivity contribution >= 4 is 0 Å². The van der Waals surface area contributed by atoms with Crippen LogP contribution in [0.1, 0.15) is 60.8 Å². The molecule has 0 N–H and O–H groups in total. The smallest absolute Gasteiger partial charge is 0.0280 e. The van der Waals surface area contributed by atoms with Crippen molar-refractivity contribution in [2.75, 3.05) is 0 Å². The van der Waals surface area contributed by atoms with Crippen LogP contribution in [0.2, 0.25) is 0 Å². The number of hydrogen-bond donors (Lipinski definition) is 0. The van der Waals surface area contributed by atoms with E-state index in [0.717, 1.165) is 0 Å². The average Bonchev–Trinajstić information content (AvgIpc) is 2.31. The Balaban J connectivity index is -0.000000240. The van der Waals surface area contributed by atoms with Gasteiger partial charge < -0.3 is 0 Å². The minimum absolute atomic E-state index is 0. The van der Waals surface area contributed by atoms with Crippen LogP contribution in [0.25, 0.3) is 0 Å². The highest BCUT2D eigenvalue weighted by atomic mass is 14.1. The number of allylic oxidation sites excluding steroid dienone is 6. The molecule has 0 heterocycles. The highest BCUT2D eigenvalue weighted by Gasteiger charge is 2.01. The normalized spacial score (nSPS) is 12.2. The second-order valence-corrected chi connectivity index (χ2v) is 3.67. The van der Waals surface area contributed by atoms with Gasteiger partial charge in [-0.3, -0.25) is 0 Å². The molecule has 0 amide bonds. The minimum atomic E-state index is 0. The van der Waals surface area contributed by atoms with Crippen molar-refractivity contribution in [3.05, 3.63) is 48.6 Å². The van der Waals surface area contributed by atoms with E-state index in [1.807, 2.05) is 13.8 Å². The Hall–Kier alpha value is -1.04. The first kappa shape index (κ1) is 21.3. The van der Waals surface area contributed by atoms with Crippen LogP contribution < -0.4 is 0 Å². The van der Waals surface area contributed by atoms with Crippen LogP contribution in [0.3, 0.4) is 0 Å². The summed E-state index contributed by atoms with van der Waals surface area (Å²) >= 11 is 0. The van der Waals surface area contributed by atoms with Gasteiger partial charge >= 0.3 is 0 Å². The van der Waals surface area contributed by atoms with E-state index in [4.69, 9.17) is 0 Å². The third kappa shape index (κ3) is 15.0. The summed E-state index contributed by atoms with van der Waals surface area (Å²) in [6.45, 7) is 15.0. The molecule has 100 valence electrons. The third-order valence-electron chi connectivity index (χ3n) is 2.23. The first-order chi connectivity index (χ1) is 7.69. The van der Waals surface area contributed by atoms with Crippen molar-refractivity contribution in [1.29, 1.82) is 0 Å². The van der Waals surface area contributed by atoms with Crippen molar-refractivity contribution in [2.24, 2.45) is 0 Å². The molecule has 17 heavy (non-hydrogen) atoms. The number of rotatable bonds is 2. The van der Waals surface area contributed by atoms with Crippen molar-refractivity contribution in [1.82, 2.24) is 0 Å². The molecule has 0 heteroatoms. The summed E-state index contributed by atoms with van der Waals surface area (Å²) in [5, 5.41) is 0. The van der Waals surface area contributed by atoms with Crippen LogP contribution in [0.4, 0.5) is 0 Å². The fourth-order valence-corrected chi connectivity index (χ4v) is 1.31. The van der Waals surface area contributed by atoms with Gasteiger partial charge in [0.1, 0.15) is 0 Å². The molecule has 0 aromatic carbocycles. The molecular formula is C17H32. The molecule has 0 radical (unpaired) electrons. The van der Waals surface area contributed by atoms with Gasteiger partial charge in [0, 0.05) is 0 Å². The summed E-state index contributed by atoms with van der Waals surface area (Å²) in [4.78, 5) is 0. The van der Waals surface area contributed by atoms with Crippen LogP contribution in [0.15, 0.2) is 48.6 Å². The predicted octanol–water partition coefficient (Wildman–Crippen LogP) is 6.47. The molecule has 0 aromatic rings. The van der Waals surface area contributed by atoms with Gasteiger partial charge in [0.25, 0.3) is 0 Å².